The van der Waals surface area contributed by atoms with Gasteiger partial charge in [0.1, 0.15) is 23.3 Å². The number of hydrogen-bond acceptors (Lipinski definition) is 10. The number of rotatable bonds is 6. The quantitative estimate of drug-likeness (QED) is 0.549. The molecule has 29 heavy (non-hydrogen) atoms. The van der Waals surface area contributed by atoms with Crippen LogP contribution in [0.3, 0.4) is 0 Å². The zero-order valence-corrected chi connectivity index (χ0v) is 15.8. The molecule has 3 aromatic rings. The van der Waals surface area contributed by atoms with Crippen molar-refractivity contribution >= 4 is 17.3 Å². The van der Waals surface area contributed by atoms with E-state index in [1.54, 1.807) is 4.68 Å². The molecule has 3 aromatic heterocycles. The first-order valence-corrected chi connectivity index (χ1v) is 9.14. The average Bonchev–Trinajstić information content (AvgIpc) is 3.20. The molecule has 0 spiro atoms. The fraction of sp³-hybridized carbons (Fsp3) is 0.333. The first-order valence-electron chi connectivity index (χ1n) is 9.14. The minimum atomic E-state index is 0.0642. The van der Waals surface area contributed by atoms with Gasteiger partial charge in [0.2, 0.25) is 0 Å². The molecule has 0 amide bonds. The lowest BCUT2D eigenvalue weighted by molar-refractivity contribution is 0.0372. The standard InChI is InChI=1S/C18H20N10O/c1-28-4-2-14(27-28)18-15(22-10-13-9-20-3-5-29-13)6-16(25-26-18)24-17-11-21-12(7-19)8-23-17/h2,4,6,8,11,13,20H,3,5,9-10H2,1H3,(H2,22,23,24,25)/t13-/m1/s1. The maximum atomic E-state index is 8.84. The minimum Gasteiger partial charge on any atom is -0.380 e. The van der Waals surface area contributed by atoms with Crippen molar-refractivity contribution in [3.63, 3.8) is 0 Å². The van der Waals surface area contributed by atoms with Gasteiger partial charge in [-0.3, -0.25) is 4.68 Å². The third kappa shape index (κ3) is 4.63. The molecule has 4 rings (SSSR count). The fourth-order valence-electron chi connectivity index (χ4n) is 2.87. The van der Waals surface area contributed by atoms with Gasteiger partial charge in [-0.05, 0) is 6.07 Å². The highest BCUT2D eigenvalue weighted by Gasteiger charge is 2.17. The molecule has 0 bridgehead atoms. The second-order valence-corrected chi connectivity index (χ2v) is 6.47. The summed E-state index contributed by atoms with van der Waals surface area (Å²) in [6, 6.07) is 5.66. The van der Waals surface area contributed by atoms with E-state index < -0.39 is 0 Å². The van der Waals surface area contributed by atoms with E-state index in [0.29, 0.717) is 30.5 Å². The van der Waals surface area contributed by atoms with Crippen LogP contribution in [0, 0.1) is 11.3 Å². The zero-order valence-electron chi connectivity index (χ0n) is 15.8. The number of nitrogens with one attached hydrogen (secondary N) is 3. The lowest BCUT2D eigenvalue weighted by Gasteiger charge is -2.24. The van der Waals surface area contributed by atoms with Crippen LogP contribution >= 0.6 is 0 Å². The van der Waals surface area contributed by atoms with Gasteiger partial charge >= 0.3 is 0 Å². The molecule has 1 fully saturated rings. The van der Waals surface area contributed by atoms with Crippen molar-refractivity contribution in [1.29, 1.82) is 5.26 Å². The molecule has 1 saturated heterocycles. The SMILES string of the molecule is Cn1ccc(-c2nnc(Nc3cnc(C#N)cn3)cc2NC[C@H]2CNCCO2)n1. The molecule has 0 saturated carbocycles. The van der Waals surface area contributed by atoms with Crippen LogP contribution in [0.25, 0.3) is 11.4 Å². The van der Waals surface area contributed by atoms with Gasteiger partial charge in [-0.25, -0.2) is 9.97 Å². The first-order chi connectivity index (χ1) is 14.2. The Morgan fingerprint density at radius 1 is 1.31 bits per heavy atom. The molecule has 0 unspecified atom stereocenters. The van der Waals surface area contributed by atoms with E-state index in [-0.39, 0.29) is 11.8 Å². The van der Waals surface area contributed by atoms with Gasteiger partial charge in [0, 0.05) is 38.9 Å². The lowest BCUT2D eigenvalue weighted by Crippen LogP contribution is -2.42. The summed E-state index contributed by atoms with van der Waals surface area (Å²) in [5.41, 5.74) is 2.38. The average molecular weight is 392 g/mol. The summed E-state index contributed by atoms with van der Waals surface area (Å²) in [5, 5.41) is 31.6. The van der Waals surface area contributed by atoms with E-state index in [4.69, 9.17) is 10.00 Å². The van der Waals surface area contributed by atoms with Crippen LogP contribution < -0.4 is 16.0 Å². The second kappa shape index (κ2) is 8.59. The highest BCUT2D eigenvalue weighted by atomic mass is 16.5. The Morgan fingerprint density at radius 2 is 2.24 bits per heavy atom. The Hall–Kier alpha value is -3.62. The molecular weight excluding hydrogens is 372 g/mol. The highest BCUT2D eigenvalue weighted by Crippen LogP contribution is 2.26. The van der Waals surface area contributed by atoms with Crippen LogP contribution in [0.4, 0.5) is 17.3 Å². The van der Waals surface area contributed by atoms with E-state index in [9.17, 15) is 0 Å². The number of ether oxygens (including phenoxy) is 1. The van der Waals surface area contributed by atoms with Crippen molar-refractivity contribution < 1.29 is 4.74 Å². The summed E-state index contributed by atoms with van der Waals surface area (Å²) < 4.78 is 7.47. The largest absolute Gasteiger partial charge is 0.380 e. The summed E-state index contributed by atoms with van der Waals surface area (Å²) in [6.07, 6.45) is 4.79. The second-order valence-electron chi connectivity index (χ2n) is 6.47. The van der Waals surface area contributed by atoms with Gasteiger partial charge in [-0.2, -0.15) is 10.4 Å². The van der Waals surface area contributed by atoms with Crippen molar-refractivity contribution in [3.05, 3.63) is 36.4 Å². The normalized spacial score (nSPS) is 16.2. The van der Waals surface area contributed by atoms with Crippen molar-refractivity contribution in [2.75, 3.05) is 36.9 Å². The van der Waals surface area contributed by atoms with E-state index in [1.807, 2.05) is 31.4 Å². The van der Waals surface area contributed by atoms with Gasteiger partial charge in [-0.15, -0.1) is 10.2 Å². The summed E-state index contributed by atoms with van der Waals surface area (Å²) >= 11 is 0. The van der Waals surface area contributed by atoms with Crippen LogP contribution in [-0.2, 0) is 11.8 Å². The van der Waals surface area contributed by atoms with Gasteiger partial charge in [0.15, 0.2) is 11.5 Å². The summed E-state index contributed by atoms with van der Waals surface area (Å²) in [7, 11) is 1.85. The topological polar surface area (TPSA) is 138 Å². The molecule has 4 heterocycles. The number of aryl methyl sites for hydroxylation is 1. The van der Waals surface area contributed by atoms with Crippen LogP contribution in [0.5, 0.6) is 0 Å². The number of morpholine rings is 1. The molecule has 1 atom stereocenters. The molecule has 0 aliphatic carbocycles. The maximum absolute atomic E-state index is 8.84. The smallest absolute Gasteiger partial charge is 0.158 e. The molecular formula is C18H20N10O. The number of nitrogens with zero attached hydrogens (tertiary/aromatic N) is 7. The monoisotopic (exact) mass is 392 g/mol. The van der Waals surface area contributed by atoms with Crippen molar-refractivity contribution in [2.24, 2.45) is 7.05 Å². The molecule has 148 valence electrons. The van der Waals surface area contributed by atoms with Gasteiger partial charge in [0.05, 0.1) is 30.8 Å². The highest BCUT2D eigenvalue weighted by molar-refractivity contribution is 5.74. The summed E-state index contributed by atoms with van der Waals surface area (Å²) in [4.78, 5) is 8.14. The van der Waals surface area contributed by atoms with Gasteiger partial charge < -0.3 is 20.7 Å². The van der Waals surface area contributed by atoms with Crippen LogP contribution in [-0.4, -0.2) is 62.3 Å². The molecule has 0 aromatic carbocycles. The number of aromatic nitrogens is 6. The molecule has 3 N–H and O–H groups in total. The first kappa shape index (κ1) is 18.7. The van der Waals surface area contributed by atoms with Crippen molar-refractivity contribution in [2.45, 2.75) is 6.10 Å². The van der Waals surface area contributed by atoms with Gasteiger partial charge in [0.25, 0.3) is 0 Å². The van der Waals surface area contributed by atoms with Crippen molar-refractivity contribution in [3.8, 4) is 17.5 Å². The molecule has 11 nitrogen and oxygen atoms in total. The maximum Gasteiger partial charge on any atom is 0.158 e. The number of hydrogen-bond donors (Lipinski definition) is 3. The summed E-state index contributed by atoms with van der Waals surface area (Å²) in [6.45, 7) is 2.97. The van der Waals surface area contributed by atoms with Crippen LogP contribution in [0.1, 0.15) is 5.69 Å². The van der Waals surface area contributed by atoms with Gasteiger partial charge in [-0.1, -0.05) is 0 Å². The third-order valence-electron chi connectivity index (χ3n) is 4.30. The molecule has 1 aliphatic rings. The Balaban J connectivity index is 1.57. The molecule has 11 heteroatoms. The zero-order chi connectivity index (χ0) is 20.1. The Labute approximate surface area is 167 Å². The third-order valence-corrected chi connectivity index (χ3v) is 4.30. The predicted octanol–water partition coefficient (Wildman–Crippen LogP) is 0.683. The predicted molar refractivity (Wildman–Crippen MR) is 105 cm³/mol. The number of nitriles is 1. The van der Waals surface area contributed by atoms with E-state index >= 15 is 0 Å². The van der Waals surface area contributed by atoms with E-state index in [0.717, 1.165) is 24.5 Å². The fourth-order valence-corrected chi connectivity index (χ4v) is 2.87. The van der Waals surface area contributed by atoms with E-state index in [1.165, 1.54) is 12.4 Å². The summed E-state index contributed by atoms with van der Waals surface area (Å²) in [5.74, 6) is 0.962. The lowest BCUT2D eigenvalue weighted by atomic mass is 10.2. The Morgan fingerprint density at radius 3 is 2.93 bits per heavy atom. The molecule has 0 radical (unpaired) electrons. The van der Waals surface area contributed by atoms with Crippen molar-refractivity contribution in [1.82, 2.24) is 35.3 Å². The van der Waals surface area contributed by atoms with Crippen LogP contribution in [0.2, 0.25) is 0 Å². The molecule has 1 aliphatic heterocycles. The number of anilines is 3. The van der Waals surface area contributed by atoms with E-state index in [2.05, 4.69) is 41.2 Å². The minimum absolute atomic E-state index is 0.0642. The van der Waals surface area contributed by atoms with Crippen LogP contribution in [0.15, 0.2) is 30.7 Å². The Kier molecular flexibility index (Phi) is 5.55. The Bertz CT molecular complexity index is 1000.